The summed E-state index contributed by atoms with van der Waals surface area (Å²) in [5.41, 5.74) is 3.76. The number of hydrogen-bond acceptors (Lipinski definition) is 24. The monoisotopic (exact) mass is 1620 g/mol. The molecule has 0 aromatic heterocycles. The summed E-state index contributed by atoms with van der Waals surface area (Å²) < 4.78 is 110. The lowest BCUT2D eigenvalue weighted by molar-refractivity contribution is -0.127. The Labute approximate surface area is 648 Å². The molecule has 0 aliphatic carbocycles. The molecule has 590 valence electrons. The highest BCUT2D eigenvalue weighted by Crippen LogP contribution is 2.38. The van der Waals surface area contributed by atoms with Crippen molar-refractivity contribution in [1.82, 2.24) is 40.3 Å². The molecule has 0 saturated carbocycles. The Morgan fingerprint density at radius 3 is 0.894 bits per heavy atom. The lowest BCUT2D eigenvalue weighted by Crippen LogP contribution is -2.41. The second-order valence-corrected chi connectivity index (χ2v) is 31.8. The summed E-state index contributed by atoms with van der Waals surface area (Å²) in [5, 5.41) is 7.44. The maximum atomic E-state index is 12.7. The lowest BCUT2D eigenvalue weighted by Gasteiger charge is -2.26. The molecule has 32 nitrogen and oxygen atoms in total. The number of nitrogens with one attached hydrogen (secondary N) is 1. The zero-order valence-corrected chi connectivity index (χ0v) is 64.4. The predicted octanol–water partition coefficient (Wildman–Crippen LogP) is 7.71. The van der Waals surface area contributed by atoms with Crippen molar-refractivity contribution >= 4 is 179 Å². The van der Waals surface area contributed by atoms with Crippen LogP contribution in [0.3, 0.4) is 0 Å². The molecule has 13 rings (SSSR count). The average molecular weight is 1620 g/mol. The number of benzene rings is 8. The second kappa shape index (κ2) is 34.2. The van der Waals surface area contributed by atoms with Crippen molar-refractivity contribution < 1.29 is 108 Å². The van der Waals surface area contributed by atoms with E-state index in [2.05, 4.69) is 22.5 Å². The number of likely N-dealkylation sites (tertiary alicyclic amines) is 1. The van der Waals surface area contributed by atoms with Crippen LogP contribution >= 0.6 is 0 Å². The summed E-state index contributed by atoms with van der Waals surface area (Å²) in [6, 6.07) is 31.8. The third-order valence-corrected chi connectivity index (χ3v) is 19.2. The molecule has 0 unspecified atom stereocenters. The molecule has 0 spiro atoms. The molecule has 113 heavy (non-hydrogen) atoms. The highest BCUT2D eigenvalue weighted by atomic mass is 32.2. The van der Waals surface area contributed by atoms with Crippen molar-refractivity contribution in [3.8, 4) is 0 Å². The lowest BCUT2D eigenvalue weighted by atomic mass is 9.92. The molecule has 5 heterocycles. The zero-order chi connectivity index (χ0) is 81.8. The number of likely N-dealkylation sites (N-methyl/N-ethyl adjacent to an activating group) is 3. The van der Waals surface area contributed by atoms with E-state index in [-0.39, 0.29) is 95.8 Å². The van der Waals surface area contributed by atoms with Gasteiger partial charge in [0.25, 0.3) is 87.7 Å². The van der Waals surface area contributed by atoms with E-state index in [0.717, 1.165) is 57.4 Å². The number of rotatable bonds is 18. The van der Waals surface area contributed by atoms with Crippen LogP contribution in [0.15, 0.2) is 146 Å². The van der Waals surface area contributed by atoms with Gasteiger partial charge in [0.05, 0.1) is 69.5 Å². The molecule has 5 aliphatic heterocycles. The first-order valence-electron chi connectivity index (χ1n) is 33.9. The van der Waals surface area contributed by atoms with Gasteiger partial charge in [0.1, 0.15) is 0 Å². The van der Waals surface area contributed by atoms with Crippen molar-refractivity contribution in [3.63, 3.8) is 0 Å². The smallest absolute Gasteiger partial charge is 0.286 e. The Bertz CT molecular complexity index is 5920. The maximum absolute atomic E-state index is 12.7. The Morgan fingerprint density at radius 1 is 0.381 bits per heavy atom. The van der Waals surface area contributed by atoms with Gasteiger partial charge in [0.15, 0.2) is 0 Å². The Balaban J connectivity index is 0.000000173. The van der Waals surface area contributed by atoms with Crippen LogP contribution < -0.4 is 5.32 Å². The van der Waals surface area contributed by atoms with Crippen molar-refractivity contribution in [1.29, 1.82) is 0 Å². The minimum absolute atomic E-state index is 0. The van der Waals surface area contributed by atoms with Gasteiger partial charge in [-0.1, -0.05) is 80.2 Å². The number of imide groups is 4. The summed E-state index contributed by atoms with van der Waals surface area (Å²) in [7, 11) is -11.5. The Morgan fingerprint density at radius 2 is 0.637 bits per heavy atom. The first-order chi connectivity index (χ1) is 52.8. The standard InChI is InChI=1S/C21H20N2O6S.C20H20N2O6S.C18H16N2O6S.C17H14N2O6S.CH4/c1-30(27,28)29-23-20(25)16-7-5-6-15-14(8-10-17(19(15)16)21(23)26)9-11-18(24)22-12-3-2-4-13-22;1-4-21(5-2)17(23)12-10-13-9-11-16-18-14(13)7-6-8-15(18)19(24)22(20(16)25)28-29(3,26)27;1-19(2)15(21)10-8-11-7-9-14-16-12(11)5-4-6-13(16)17(22)20(18(14)23)26-27(3,24)25;1-18-14(20)9-7-10-6-8-13-15-11(10)4-3-5-12(15)16(21)19(17(13)22)25-26(2,23)24;/h5-11H,2-4,12-13H2,1H3;6-12H,4-5H2,1-3H3;4-10H,1-3H3;3-9H,1-2H3,(H,18,20);1H4/b11-9+;12-10+;10-8+;9-7+;. The van der Waals surface area contributed by atoms with Crippen molar-refractivity contribution in [2.45, 2.75) is 40.5 Å². The maximum Gasteiger partial charge on any atom is 0.286 e. The molecule has 1 fully saturated rings. The fraction of sp³-hybridized carbons (Fsp3) is 0.221. The molecule has 1 saturated heterocycles. The van der Waals surface area contributed by atoms with Gasteiger partial charge in [-0.2, -0.15) is 33.7 Å². The van der Waals surface area contributed by atoms with Gasteiger partial charge in [0, 0.05) is 93.2 Å². The molecule has 0 bridgehead atoms. The summed E-state index contributed by atoms with van der Waals surface area (Å²) >= 11 is 0. The zero-order valence-electron chi connectivity index (χ0n) is 61.2. The summed E-state index contributed by atoms with van der Waals surface area (Å²) in [5.74, 6) is -7.63. The van der Waals surface area contributed by atoms with Gasteiger partial charge < -0.3 is 20.0 Å². The van der Waals surface area contributed by atoms with Crippen LogP contribution in [0, 0.1) is 0 Å². The van der Waals surface area contributed by atoms with Gasteiger partial charge in [-0.15, -0.1) is 37.4 Å². The van der Waals surface area contributed by atoms with E-state index >= 15 is 0 Å². The van der Waals surface area contributed by atoms with Gasteiger partial charge in [-0.3, -0.25) is 57.5 Å². The fourth-order valence-electron chi connectivity index (χ4n) is 12.5. The molecule has 8 aromatic carbocycles. The fourth-order valence-corrected chi connectivity index (χ4v) is 14.1. The number of carbonyl (C=O) groups excluding carboxylic acids is 12. The van der Waals surface area contributed by atoms with Crippen molar-refractivity contribution in [3.05, 3.63) is 212 Å². The highest BCUT2D eigenvalue weighted by molar-refractivity contribution is 7.86. The van der Waals surface area contributed by atoms with Gasteiger partial charge in [-0.25, -0.2) is 0 Å². The van der Waals surface area contributed by atoms with Crippen molar-refractivity contribution in [2.24, 2.45) is 0 Å². The minimum atomic E-state index is -4.07. The molecule has 0 radical (unpaired) electrons. The number of piperidine rings is 1. The van der Waals surface area contributed by atoms with E-state index in [4.69, 9.17) is 0 Å². The number of amides is 12. The molecule has 1 N–H and O–H groups in total. The van der Waals surface area contributed by atoms with Gasteiger partial charge in [-0.05, 0) is 150 Å². The van der Waals surface area contributed by atoms with E-state index in [9.17, 15) is 91.2 Å². The van der Waals surface area contributed by atoms with E-state index < -0.39 is 87.7 Å². The van der Waals surface area contributed by atoms with Crippen LogP contribution in [0.25, 0.3) is 67.4 Å². The van der Waals surface area contributed by atoms with Gasteiger partial charge in [0.2, 0.25) is 23.6 Å². The van der Waals surface area contributed by atoms with E-state index in [1.807, 2.05) is 13.8 Å². The van der Waals surface area contributed by atoms with E-state index in [1.54, 1.807) is 121 Å². The predicted molar refractivity (Wildman–Crippen MR) is 415 cm³/mol. The Kier molecular flexibility index (Phi) is 25.7. The highest BCUT2D eigenvalue weighted by Gasteiger charge is 2.41. The minimum Gasteiger partial charge on any atom is -0.356 e. The topological polar surface area (TPSA) is 413 Å². The van der Waals surface area contributed by atoms with Crippen molar-refractivity contribution in [2.75, 3.05) is 72.3 Å². The number of nitrogens with zero attached hydrogens (tertiary/aromatic N) is 7. The van der Waals surface area contributed by atoms with E-state index in [1.165, 1.54) is 84.8 Å². The normalized spacial score (nSPS) is 14.9. The summed E-state index contributed by atoms with van der Waals surface area (Å²) in [6.07, 6.45) is 18.3. The first kappa shape index (κ1) is 84.9. The summed E-state index contributed by atoms with van der Waals surface area (Å²) in [6.45, 7) is 6.43. The molecular formula is C77H74N8O24S4. The third-order valence-electron chi connectivity index (χ3n) is 17.5. The number of hydroxylamine groups is 8. The first-order valence-corrected chi connectivity index (χ1v) is 41.1. The Hall–Kier alpha value is -12.2. The van der Waals surface area contributed by atoms with Crippen LogP contribution in [0.2, 0.25) is 0 Å². The molecule has 0 atom stereocenters. The largest absolute Gasteiger partial charge is 0.356 e. The van der Waals surface area contributed by atoms with Crippen LogP contribution in [-0.4, -0.2) is 212 Å². The summed E-state index contributed by atoms with van der Waals surface area (Å²) in [4.78, 5) is 154. The molecule has 8 aromatic rings. The second-order valence-electron chi connectivity index (χ2n) is 25.5. The van der Waals surface area contributed by atoms with Crippen LogP contribution in [0.5, 0.6) is 0 Å². The quantitative estimate of drug-likeness (QED) is 0.0634. The van der Waals surface area contributed by atoms with Crippen LogP contribution in [-0.2, 0) is 76.8 Å². The number of hydrogen-bond donors (Lipinski definition) is 1. The molecule has 12 amide bonds. The number of carbonyl (C=O) groups is 12. The van der Waals surface area contributed by atoms with E-state index in [0.29, 0.717) is 78.4 Å². The third kappa shape index (κ3) is 18.7. The SMILES string of the molecule is C.CCN(CC)C(=O)/C=C/c1ccc2c3c(cccc13)C(=O)N(OS(C)(=O)=O)C2=O.CN(C)C(=O)/C=C/c1ccc2c3c(cccc13)C(=O)N(OS(C)(=O)=O)C2=O.CNC(=O)/C=C/c1ccc2c3c(cccc13)C(=O)N(OS(C)(=O)=O)C2=O.CS(=O)(=O)ON1C(=O)c2cccc3c(/C=C/C(=O)N4CCCCC4)ccc(c23)C1=O. The van der Waals surface area contributed by atoms with Crippen LogP contribution in [0.1, 0.15) is 146 Å². The van der Waals surface area contributed by atoms with Crippen LogP contribution in [0.4, 0.5) is 0 Å². The van der Waals surface area contributed by atoms with Gasteiger partial charge >= 0.3 is 0 Å². The molecular weight excluding hydrogens is 1550 g/mol. The molecule has 5 aliphatic rings. The average Bonchev–Trinajstić information content (AvgIpc) is 0.759. The molecule has 36 heteroatoms.